The average Bonchev–Trinajstić information content (AvgIpc) is 3.00. The van der Waals surface area contributed by atoms with Gasteiger partial charge in [0.2, 0.25) is 0 Å². The Morgan fingerprint density at radius 2 is 0.946 bits per heavy atom. The number of hydrogen-bond donors (Lipinski definition) is 6. The van der Waals surface area contributed by atoms with Crippen molar-refractivity contribution in [2.24, 2.45) is 23.1 Å². The molecule has 34 heteroatoms. The van der Waals surface area contributed by atoms with Crippen molar-refractivity contribution in [1.82, 2.24) is 5.48 Å². The maximum atomic E-state index is 13.1. The van der Waals surface area contributed by atoms with Crippen molar-refractivity contribution >= 4 is 47.8 Å². The first kappa shape index (κ1) is 50.7. The number of alkyl halides is 12. The summed E-state index contributed by atoms with van der Waals surface area (Å²) in [6.07, 6.45) is -25.6. The molecule has 0 aliphatic carbocycles. The van der Waals surface area contributed by atoms with Crippen molar-refractivity contribution in [2.75, 3.05) is 13.2 Å². The molecule has 2 unspecified atom stereocenters. The summed E-state index contributed by atoms with van der Waals surface area (Å²) < 4.78 is 172. The highest BCUT2D eigenvalue weighted by Gasteiger charge is 2.70. The van der Waals surface area contributed by atoms with E-state index in [1.165, 1.54) is 0 Å². The van der Waals surface area contributed by atoms with Crippen molar-refractivity contribution in [3.05, 3.63) is 0 Å². The molecular formula is C22H22F12N4O18. The van der Waals surface area contributed by atoms with Gasteiger partial charge in [0.15, 0.2) is 0 Å². The lowest BCUT2D eigenvalue weighted by Crippen LogP contribution is -2.74. The number of aliphatic hydroxyl groups excluding tert-OH is 1. The number of rotatable bonds is 15. The van der Waals surface area contributed by atoms with Crippen LogP contribution in [0.1, 0.15) is 20.3 Å². The van der Waals surface area contributed by atoms with Crippen molar-refractivity contribution in [1.29, 1.82) is 0 Å². The minimum absolute atomic E-state index is 0.823. The summed E-state index contributed by atoms with van der Waals surface area (Å²) in [5.74, 6) is -32.8. The van der Waals surface area contributed by atoms with E-state index in [9.17, 15) is 101 Å². The minimum Gasteiger partial charge on any atom is -0.426 e. The molecule has 0 bridgehead atoms. The fraction of sp³-hybridized carbons (Fsp3) is 0.636. The average molecular weight is 858 g/mol. The van der Waals surface area contributed by atoms with Gasteiger partial charge in [-0.25, -0.2) is 43.3 Å². The van der Waals surface area contributed by atoms with Gasteiger partial charge in [-0.05, 0) is 5.92 Å². The van der Waals surface area contributed by atoms with E-state index in [1.54, 1.807) is 0 Å². The van der Waals surface area contributed by atoms with Gasteiger partial charge in [0.05, 0.1) is 0 Å². The van der Waals surface area contributed by atoms with Crippen LogP contribution in [0.3, 0.4) is 0 Å². The van der Waals surface area contributed by atoms with Gasteiger partial charge < -0.3 is 38.7 Å². The van der Waals surface area contributed by atoms with E-state index in [-0.39, 0.29) is 0 Å². The summed E-state index contributed by atoms with van der Waals surface area (Å²) in [4.78, 5) is 106. The molecule has 0 fully saturated rings. The van der Waals surface area contributed by atoms with Gasteiger partial charge in [0, 0.05) is 6.42 Å². The van der Waals surface area contributed by atoms with Crippen LogP contribution >= 0.6 is 0 Å². The van der Waals surface area contributed by atoms with Gasteiger partial charge in [-0.15, -0.1) is 5.48 Å². The third kappa shape index (κ3) is 13.8. The third-order valence-corrected chi connectivity index (χ3v) is 5.20. The summed E-state index contributed by atoms with van der Waals surface area (Å²) in [5.41, 5.74) is 2.66. The minimum atomic E-state index is -6.17. The molecule has 0 rings (SSSR count). The lowest BCUT2D eigenvalue weighted by atomic mass is 10.0. The van der Waals surface area contributed by atoms with Gasteiger partial charge in [-0.3, -0.25) is 22.0 Å². The summed E-state index contributed by atoms with van der Waals surface area (Å²) in [6.45, 7) is -2.62. The van der Waals surface area contributed by atoms with Gasteiger partial charge in [-0.2, -0.15) is 52.7 Å². The molecule has 0 spiro atoms. The molecule has 0 radical (unpaired) electrons. The lowest BCUT2D eigenvalue weighted by molar-refractivity contribution is -0.397. The zero-order valence-electron chi connectivity index (χ0n) is 26.9. The number of hydrogen-bond acceptors (Lipinski definition) is 22. The SMILES string of the molecule is CC(C)CC(N)(OC(=O)C(F)(F)F)C(=O)OC(O)(OC(=O)CNOC(=O)C(F)(F)F)[C@](N)(OC(=O)[C@@](N)(CO)OC(=O)C(F)(F)F)C(=O)OOC(=O)C(F)(F)F. The Hall–Kier alpha value is -5.32. The van der Waals surface area contributed by atoms with Gasteiger partial charge in [0.25, 0.3) is 11.4 Å². The normalized spacial score (nSPS) is 16.6. The van der Waals surface area contributed by atoms with Gasteiger partial charge in [-0.1, -0.05) is 13.8 Å². The molecule has 0 saturated carbocycles. The second-order valence-corrected chi connectivity index (χ2v) is 10.3. The summed E-state index contributed by atoms with van der Waals surface area (Å²) >= 11 is 0. The second kappa shape index (κ2) is 17.6. The van der Waals surface area contributed by atoms with Crippen LogP contribution in [0, 0.1) is 5.92 Å². The summed E-state index contributed by atoms with van der Waals surface area (Å²) in [6, 6.07) is 0. The molecule has 0 amide bonds. The Bertz CT molecular complexity index is 1540. The number of nitrogens with one attached hydrogen (secondary N) is 1. The number of ether oxygens (including phenoxy) is 5. The van der Waals surface area contributed by atoms with E-state index in [1.807, 2.05) is 0 Å². The first-order chi connectivity index (χ1) is 24.8. The first-order valence-corrected chi connectivity index (χ1v) is 13.3. The van der Waals surface area contributed by atoms with E-state index in [2.05, 4.69) is 38.3 Å². The summed E-state index contributed by atoms with van der Waals surface area (Å²) in [7, 11) is 0. The Morgan fingerprint density at radius 1 is 0.554 bits per heavy atom. The van der Waals surface area contributed by atoms with E-state index in [4.69, 9.17) is 17.2 Å². The molecule has 0 aromatic carbocycles. The molecule has 0 aliphatic heterocycles. The van der Waals surface area contributed by atoms with E-state index in [0.717, 1.165) is 19.3 Å². The molecule has 56 heavy (non-hydrogen) atoms. The largest absolute Gasteiger partial charge is 0.495 e. The standard InChI is InChI=1S/C22H22F12N4O18/c1-6(2)3-15(35,50-11(44)18(23,24)25)8(41)53-22(48,49-7(40)4-38-54-13(46)20(29,30)31)17(37,10(43)55-56-14(47)21(32,33)34)52-9(42)16(36,5-39)51-12(45)19(26,27)28/h6,38-39,48H,3-5,35-37H2,1-2H3/t15?,16-,17-,22?/m1/s1. The third-order valence-electron chi connectivity index (χ3n) is 5.20. The highest BCUT2D eigenvalue weighted by Crippen LogP contribution is 2.33. The van der Waals surface area contributed by atoms with Crippen LogP contribution in [-0.4, -0.2) is 119 Å². The van der Waals surface area contributed by atoms with Crippen molar-refractivity contribution in [3.63, 3.8) is 0 Å². The summed E-state index contributed by atoms with van der Waals surface area (Å²) in [5, 5.41) is 20.5. The molecule has 0 saturated heterocycles. The van der Waals surface area contributed by atoms with Crippen LogP contribution in [0.5, 0.6) is 0 Å². The number of hydroxylamine groups is 1. The maximum absolute atomic E-state index is 13.1. The maximum Gasteiger partial charge on any atom is 0.495 e. The smallest absolute Gasteiger partial charge is 0.426 e. The zero-order chi connectivity index (χ0) is 44.7. The molecule has 22 nitrogen and oxygen atoms in total. The van der Waals surface area contributed by atoms with Crippen LogP contribution in [-0.2, 0) is 76.7 Å². The number of carbonyl (C=O) groups excluding carboxylic acids is 8. The quantitative estimate of drug-likeness (QED) is 0.0251. The molecule has 0 aromatic heterocycles. The van der Waals surface area contributed by atoms with E-state index in [0.29, 0.717) is 0 Å². The number of nitrogens with two attached hydrogens (primary N) is 3. The number of esters is 5. The molecule has 0 heterocycles. The number of halogens is 12. The first-order valence-electron chi connectivity index (χ1n) is 13.3. The van der Waals surface area contributed by atoms with Crippen LogP contribution in [0.2, 0.25) is 0 Å². The van der Waals surface area contributed by atoms with E-state index < -0.39 is 121 Å². The lowest BCUT2D eigenvalue weighted by Gasteiger charge is -2.40. The van der Waals surface area contributed by atoms with E-state index >= 15 is 0 Å². The van der Waals surface area contributed by atoms with Crippen molar-refractivity contribution in [2.45, 2.75) is 68.1 Å². The fourth-order valence-corrected chi connectivity index (χ4v) is 2.80. The monoisotopic (exact) mass is 858 g/mol. The Balaban J connectivity index is 7.70. The van der Waals surface area contributed by atoms with Crippen molar-refractivity contribution in [3.8, 4) is 0 Å². The number of aliphatic hydroxyl groups is 2. The second-order valence-electron chi connectivity index (χ2n) is 10.3. The molecule has 0 aliphatic rings. The Kier molecular flexibility index (Phi) is 16.0. The Labute approximate surface area is 298 Å². The highest BCUT2D eigenvalue weighted by molar-refractivity contribution is 5.90. The van der Waals surface area contributed by atoms with Crippen LogP contribution in [0.4, 0.5) is 52.7 Å². The van der Waals surface area contributed by atoms with Gasteiger partial charge in [0.1, 0.15) is 13.2 Å². The molecular weight excluding hydrogens is 836 g/mol. The molecule has 9 N–H and O–H groups in total. The molecule has 322 valence electrons. The fourth-order valence-electron chi connectivity index (χ4n) is 2.80. The molecule has 0 aromatic rings. The predicted octanol–water partition coefficient (Wildman–Crippen LogP) is -2.35. The highest BCUT2D eigenvalue weighted by atomic mass is 19.4. The van der Waals surface area contributed by atoms with Crippen LogP contribution < -0.4 is 22.7 Å². The zero-order valence-corrected chi connectivity index (χ0v) is 26.9. The van der Waals surface area contributed by atoms with Gasteiger partial charge >= 0.3 is 84.2 Å². The predicted molar refractivity (Wildman–Crippen MR) is 133 cm³/mol. The molecule has 4 atom stereocenters. The van der Waals surface area contributed by atoms with Crippen LogP contribution in [0.15, 0.2) is 0 Å². The number of carbonyl (C=O) groups is 8. The van der Waals surface area contributed by atoms with Crippen molar-refractivity contribution < 1.29 is 140 Å². The Morgan fingerprint density at radius 3 is 1.34 bits per heavy atom. The topological polar surface area (TPSA) is 341 Å². The van der Waals surface area contributed by atoms with Crippen LogP contribution in [0.25, 0.3) is 0 Å².